The lowest BCUT2D eigenvalue weighted by atomic mass is 10.2. The average Bonchev–Trinajstić information content (AvgIpc) is 2.21. The number of nitrogens with one attached hydrogen (secondary N) is 1. The molecule has 0 radical (unpaired) electrons. The van der Waals surface area contributed by atoms with E-state index >= 15 is 0 Å². The molecule has 0 aromatic heterocycles. The van der Waals surface area contributed by atoms with E-state index in [0.29, 0.717) is 11.3 Å². The highest BCUT2D eigenvalue weighted by Gasteiger charge is 2.07. The van der Waals surface area contributed by atoms with Crippen molar-refractivity contribution in [3.8, 4) is 5.75 Å². The topological polar surface area (TPSA) is 38.3 Å². The van der Waals surface area contributed by atoms with E-state index in [2.05, 4.69) is 10.1 Å². The van der Waals surface area contributed by atoms with Crippen molar-refractivity contribution in [2.75, 3.05) is 11.2 Å². The molecule has 1 N–H and O–H groups in total. The summed E-state index contributed by atoms with van der Waals surface area (Å²) in [6.07, 6.45) is 0. The Hall–Kier alpha value is -1.36. The minimum absolute atomic E-state index is 0.0522. The molecule has 6 heteroatoms. The Balaban J connectivity index is 2.79. The Kier molecular flexibility index (Phi) is 4.49. The molecular weight excluding hydrogens is 240 g/mol. The van der Waals surface area contributed by atoms with Gasteiger partial charge in [0.05, 0.1) is 0 Å². The summed E-state index contributed by atoms with van der Waals surface area (Å²) in [5.41, 5.74) is 1.14. The van der Waals surface area contributed by atoms with Crippen molar-refractivity contribution in [2.45, 2.75) is 13.5 Å². The Labute approximate surface area is 96.4 Å². The normalized spacial score (nSPS) is 10.3. The number of benzene rings is 1. The van der Waals surface area contributed by atoms with E-state index in [1.165, 1.54) is 18.2 Å². The minimum Gasteiger partial charge on any atom is -0.435 e. The van der Waals surface area contributed by atoms with Crippen LogP contribution in [0.15, 0.2) is 18.2 Å². The molecule has 1 aromatic carbocycles. The smallest absolute Gasteiger partial charge is 0.387 e. The molecule has 1 rings (SSSR count). The zero-order chi connectivity index (χ0) is 12.1. The maximum atomic E-state index is 11.9. The van der Waals surface area contributed by atoms with E-state index in [9.17, 15) is 13.6 Å². The van der Waals surface area contributed by atoms with Gasteiger partial charge >= 0.3 is 6.61 Å². The molecule has 0 aliphatic rings. The second kappa shape index (κ2) is 5.65. The van der Waals surface area contributed by atoms with Gasteiger partial charge in [-0.1, -0.05) is 0 Å². The minimum atomic E-state index is -2.86. The fourth-order valence-electron chi connectivity index (χ4n) is 1.14. The van der Waals surface area contributed by atoms with Gasteiger partial charge in [0.15, 0.2) is 0 Å². The van der Waals surface area contributed by atoms with Crippen molar-refractivity contribution in [1.82, 2.24) is 0 Å². The zero-order valence-electron chi connectivity index (χ0n) is 8.47. The van der Waals surface area contributed by atoms with Gasteiger partial charge in [-0.2, -0.15) is 8.78 Å². The molecule has 0 aliphatic heterocycles. The fraction of sp³-hybridized carbons (Fsp3) is 0.300. The second-order valence-corrected chi connectivity index (χ2v) is 3.30. The molecule has 1 amide bonds. The van der Waals surface area contributed by atoms with Crippen molar-refractivity contribution >= 4 is 23.2 Å². The van der Waals surface area contributed by atoms with Crippen molar-refractivity contribution in [3.63, 3.8) is 0 Å². The summed E-state index contributed by atoms with van der Waals surface area (Å²) in [4.78, 5) is 11.0. The summed E-state index contributed by atoms with van der Waals surface area (Å²) >= 11 is 5.32. The Morgan fingerprint density at radius 3 is 2.75 bits per heavy atom. The third-order valence-electron chi connectivity index (χ3n) is 1.82. The van der Waals surface area contributed by atoms with Gasteiger partial charge in [-0.3, -0.25) is 4.79 Å². The molecule has 0 unspecified atom stereocenters. The predicted molar refractivity (Wildman–Crippen MR) is 57.2 cm³/mol. The number of carbonyl (C=O) groups excluding carboxylic acids is 1. The lowest BCUT2D eigenvalue weighted by Crippen LogP contribution is -2.13. The Morgan fingerprint density at radius 2 is 2.25 bits per heavy atom. The van der Waals surface area contributed by atoms with Crippen LogP contribution in [0.5, 0.6) is 5.75 Å². The van der Waals surface area contributed by atoms with Gasteiger partial charge in [0.1, 0.15) is 11.6 Å². The van der Waals surface area contributed by atoms with Gasteiger partial charge in [-0.15, -0.1) is 11.6 Å². The first-order valence-electron chi connectivity index (χ1n) is 4.44. The fourth-order valence-corrected chi connectivity index (χ4v) is 1.20. The van der Waals surface area contributed by atoms with Gasteiger partial charge in [0.25, 0.3) is 0 Å². The number of alkyl halides is 3. The number of rotatable bonds is 4. The summed E-state index contributed by atoms with van der Waals surface area (Å²) in [6.45, 7) is -1.19. The van der Waals surface area contributed by atoms with E-state index < -0.39 is 6.61 Å². The van der Waals surface area contributed by atoms with Crippen molar-refractivity contribution in [3.05, 3.63) is 23.8 Å². The molecule has 88 valence electrons. The largest absolute Gasteiger partial charge is 0.435 e. The summed E-state index contributed by atoms with van der Waals surface area (Å²) in [7, 11) is 0. The van der Waals surface area contributed by atoms with E-state index in [0.717, 1.165) is 0 Å². The van der Waals surface area contributed by atoms with Gasteiger partial charge in [0.2, 0.25) is 5.91 Å². The molecule has 1 aromatic rings. The first-order valence-corrected chi connectivity index (χ1v) is 4.97. The summed E-state index contributed by atoms with van der Waals surface area (Å²) in [5, 5.41) is 2.53. The molecule has 16 heavy (non-hydrogen) atoms. The standard InChI is InChI=1S/C10H10ClF2NO2/c1-6-4-7(16-10(12)13)2-3-8(6)14-9(15)5-11/h2-4,10H,5H2,1H3,(H,14,15). The number of aryl methyl sites for hydroxylation is 1. The molecule has 0 saturated carbocycles. The second-order valence-electron chi connectivity index (χ2n) is 3.04. The highest BCUT2D eigenvalue weighted by Crippen LogP contribution is 2.22. The quantitative estimate of drug-likeness (QED) is 0.834. The molecule has 0 saturated heterocycles. The lowest BCUT2D eigenvalue weighted by molar-refractivity contribution is -0.113. The maximum absolute atomic E-state index is 11.9. The van der Waals surface area contributed by atoms with Crippen LogP contribution in [0.2, 0.25) is 0 Å². The molecule has 0 atom stereocenters. The van der Waals surface area contributed by atoms with E-state index in [1.807, 2.05) is 0 Å². The lowest BCUT2D eigenvalue weighted by Gasteiger charge is -2.09. The molecule has 0 fully saturated rings. The first kappa shape index (κ1) is 12.7. The van der Waals surface area contributed by atoms with E-state index in [1.54, 1.807) is 6.92 Å². The van der Waals surface area contributed by atoms with Crippen LogP contribution < -0.4 is 10.1 Å². The van der Waals surface area contributed by atoms with Crippen LogP contribution in [-0.4, -0.2) is 18.4 Å². The Bertz CT molecular complexity index is 385. The number of hydrogen-bond acceptors (Lipinski definition) is 2. The van der Waals surface area contributed by atoms with E-state index in [-0.39, 0.29) is 17.5 Å². The Morgan fingerprint density at radius 1 is 1.56 bits per heavy atom. The summed E-state index contributed by atoms with van der Waals surface area (Å²) in [6, 6.07) is 4.25. The van der Waals surface area contributed by atoms with Gasteiger partial charge in [-0.25, -0.2) is 0 Å². The predicted octanol–water partition coefficient (Wildman–Crippen LogP) is 2.77. The van der Waals surface area contributed by atoms with Crippen LogP contribution in [0.25, 0.3) is 0 Å². The first-order chi connectivity index (χ1) is 7.52. The SMILES string of the molecule is Cc1cc(OC(F)F)ccc1NC(=O)CCl. The van der Waals surface area contributed by atoms with Crippen LogP contribution in [-0.2, 0) is 4.79 Å². The number of carbonyl (C=O) groups is 1. The van der Waals surface area contributed by atoms with Crippen LogP contribution in [0.3, 0.4) is 0 Å². The zero-order valence-corrected chi connectivity index (χ0v) is 9.22. The van der Waals surface area contributed by atoms with Crippen LogP contribution in [0.4, 0.5) is 14.5 Å². The monoisotopic (exact) mass is 249 g/mol. The maximum Gasteiger partial charge on any atom is 0.387 e. The molecular formula is C10H10ClF2NO2. The number of amides is 1. The van der Waals surface area contributed by atoms with Gasteiger partial charge in [0, 0.05) is 5.69 Å². The highest BCUT2D eigenvalue weighted by atomic mass is 35.5. The third kappa shape index (κ3) is 3.66. The number of anilines is 1. The molecule has 0 aliphatic carbocycles. The highest BCUT2D eigenvalue weighted by molar-refractivity contribution is 6.29. The summed E-state index contributed by atoms with van der Waals surface area (Å²) in [5.74, 6) is -0.460. The number of halogens is 3. The summed E-state index contributed by atoms with van der Waals surface area (Å²) < 4.78 is 28.0. The van der Waals surface area contributed by atoms with Crippen molar-refractivity contribution in [2.24, 2.45) is 0 Å². The number of ether oxygens (including phenoxy) is 1. The van der Waals surface area contributed by atoms with E-state index in [4.69, 9.17) is 11.6 Å². The molecule has 0 spiro atoms. The van der Waals surface area contributed by atoms with Crippen LogP contribution >= 0.6 is 11.6 Å². The van der Waals surface area contributed by atoms with Gasteiger partial charge < -0.3 is 10.1 Å². The van der Waals surface area contributed by atoms with Crippen LogP contribution in [0.1, 0.15) is 5.56 Å². The van der Waals surface area contributed by atoms with Crippen molar-refractivity contribution in [1.29, 1.82) is 0 Å². The molecule has 3 nitrogen and oxygen atoms in total. The third-order valence-corrected chi connectivity index (χ3v) is 2.06. The molecule has 0 heterocycles. The van der Waals surface area contributed by atoms with Gasteiger partial charge in [-0.05, 0) is 30.7 Å². The number of hydrogen-bond donors (Lipinski definition) is 1. The molecule has 0 bridgehead atoms. The average molecular weight is 250 g/mol. The van der Waals surface area contributed by atoms with Crippen LogP contribution in [0, 0.1) is 6.92 Å². The van der Waals surface area contributed by atoms with Crippen molar-refractivity contribution < 1.29 is 18.3 Å².